The van der Waals surface area contributed by atoms with E-state index < -0.39 is 10.0 Å². The van der Waals surface area contributed by atoms with Gasteiger partial charge in [-0.25, -0.2) is 17.5 Å². The van der Waals surface area contributed by atoms with Crippen LogP contribution in [0, 0.1) is 5.82 Å². The average Bonchev–Trinajstić information content (AvgIpc) is 2.55. The fourth-order valence-corrected chi connectivity index (χ4v) is 4.19. The third-order valence-corrected chi connectivity index (χ3v) is 6.15. The van der Waals surface area contributed by atoms with Crippen molar-refractivity contribution in [1.29, 1.82) is 0 Å². The van der Waals surface area contributed by atoms with Crippen LogP contribution in [0.1, 0.15) is 12.5 Å². The quantitative estimate of drug-likeness (QED) is 0.872. The van der Waals surface area contributed by atoms with Crippen molar-refractivity contribution >= 4 is 33.4 Å². The predicted octanol–water partition coefficient (Wildman–Crippen LogP) is 2.74. The number of benzene rings is 2. The number of carbonyl (C=O) groups excluding carboxylic acids is 1. The molecule has 1 heterocycles. The van der Waals surface area contributed by atoms with Crippen LogP contribution in [-0.2, 0) is 21.4 Å². The highest BCUT2D eigenvalue weighted by Gasteiger charge is 2.25. The molecule has 2 aromatic carbocycles. The lowest BCUT2D eigenvalue weighted by Crippen LogP contribution is -2.27. The number of halogens is 1. The lowest BCUT2D eigenvalue weighted by molar-refractivity contribution is -0.115. The number of nitrogens with one attached hydrogen (secondary N) is 2. The summed E-state index contributed by atoms with van der Waals surface area (Å²) in [6.07, 6.45) is 0. The molecule has 2 N–H and O–H groups in total. The zero-order chi connectivity index (χ0) is 17.3. The first kappa shape index (κ1) is 16.9. The van der Waals surface area contributed by atoms with Crippen LogP contribution in [0.2, 0.25) is 0 Å². The van der Waals surface area contributed by atoms with Gasteiger partial charge in [0.25, 0.3) is 0 Å². The monoisotopic (exact) mass is 366 g/mol. The van der Waals surface area contributed by atoms with Crippen LogP contribution in [0.25, 0.3) is 0 Å². The van der Waals surface area contributed by atoms with E-state index in [4.69, 9.17) is 0 Å². The SMILES string of the molecule is C[C@@H]1Sc2ccc(S(=O)(=O)NCc3ccc(F)cc3)cc2NC1=O. The van der Waals surface area contributed by atoms with Gasteiger partial charge in [0, 0.05) is 11.4 Å². The Hall–Kier alpha value is -1.90. The van der Waals surface area contributed by atoms with E-state index in [1.165, 1.54) is 48.2 Å². The third kappa shape index (κ3) is 3.61. The molecule has 1 atom stereocenters. The number of fused-ring (bicyclic) bond motifs is 1. The van der Waals surface area contributed by atoms with Gasteiger partial charge >= 0.3 is 0 Å². The lowest BCUT2D eigenvalue weighted by atomic mass is 10.2. The van der Waals surface area contributed by atoms with Crippen LogP contribution in [0.5, 0.6) is 0 Å². The van der Waals surface area contributed by atoms with E-state index in [0.29, 0.717) is 11.3 Å². The van der Waals surface area contributed by atoms with Crippen LogP contribution in [0.15, 0.2) is 52.3 Å². The molecule has 1 amide bonds. The summed E-state index contributed by atoms with van der Waals surface area (Å²) in [5.74, 6) is -0.528. The standard InChI is InChI=1S/C16H15FN2O3S2/c1-10-16(20)19-14-8-13(6-7-15(14)23-10)24(21,22)18-9-11-2-4-12(17)5-3-11/h2-8,10,18H,9H2,1H3,(H,19,20)/t10-/m0/s1. The third-order valence-electron chi connectivity index (χ3n) is 3.57. The Bertz CT molecular complexity index is 883. The van der Waals surface area contributed by atoms with Crippen LogP contribution < -0.4 is 10.0 Å². The van der Waals surface area contributed by atoms with Crippen molar-refractivity contribution in [3.05, 3.63) is 53.8 Å². The molecule has 0 spiro atoms. The molecule has 3 rings (SSSR count). The zero-order valence-corrected chi connectivity index (χ0v) is 14.4. The van der Waals surface area contributed by atoms with Gasteiger partial charge < -0.3 is 5.32 Å². The van der Waals surface area contributed by atoms with E-state index in [-0.39, 0.29) is 28.4 Å². The summed E-state index contributed by atoms with van der Waals surface area (Å²) < 4.78 is 40.1. The first-order chi connectivity index (χ1) is 11.3. The van der Waals surface area contributed by atoms with Crippen molar-refractivity contribution in [2.45, 2.75) is 28.5 Å². The molecular weight excluding hydrogens is 351 g/mol. The molecule has 0 aromatic heterocycles. The molecule has 2 aromatic rings. The Labute approximate surface area is 143 Å². The van der Waals surface area contributed by atoms with Gasteiger partial charge in [-0.05, 0) is 42.8 Å². The number of rotatable bonds is 4. The van der Waals surface area contributed by atoms with E-state index in [2.05, 4.69) is 10.0 Å². The fourth-order valence-electron chi connectivity index (χ4n) is 2.22. The van der Waals surface area contributed by atoms with Crippen molar-refractivity contribution in [3.63, 3.8) is 0 Å². The highest BCUT2D eigenvalue weighted by atomic mass is 32.2. The minimum absolute atomic E-state index is 0.0534. The Morgan fingerprint density at radius 2 is 1.92 bits per heavy atom. The maximum Gasteiger partial charge on any atom is 0.240 e. The molecule has 0 radical (unpaired) electrons. The van der Waals surface area contributed by atoms with Crippen molar-refractivity contribution in [2.24, 2.45) is 0 Å². The number of anilines is 1. The van der Waals surface area contributed by atoms with Crippen molar-refractivity contribution in [1.82, 2.24) is 4.72 Å². The van der Waals surface area contributed by atoms with Gasteiger partial charge in [0.1, 0.15) is 5.82 Å². The first-order valence-electron chi connectivity index (χ1n) is 7.21. The molecule has 24 heavy (non-hydrogen) atoms. The second-order valence-electron chi connectivity index (χ2n) is 5.36. The summed E-state index contributed by atoms with van der Waals surface area (Å²) in [4.78, 5) is 12.6. The molecule has 1 aliphatic rings. The van der Waals surface area contributed by atoms with Gasteiger partial charge in [0.05, 0.1) is 15.8 Å². The van der Waals surface area contributed by atoms with Crippen LogP contribution >= 0.6 is 11.8 Å². The highest BCUT2D eigenvalue weighted by Crippen LogP contribution is 2.36. The van der Waals surface area contributed by atoms with E-state index in [9.17, 15) is 17.6 Å². The van der Waals surface area contributed by atoms with E-state index >= 15 is 0 Å². The van der Waals surface area contributed by atoms with E-state index in [1.54, 1.807) is 13.0 Å². The maximum atomic E-state index is 12.9. The number of hydrogen-bond donors (Lipinski definition) is 2. The summed E-state index contributed by atoms with van der Waals surface area (Å²) >= 11 is 1.39. The van der Waals surface area contributed by atoms with Crippen LogP contribution in [0.4, 0.5) is 10.1 Å². The number of carbonyl (C=O) groups is 1. The average molecular weight is 366 g/mol. The Morgan fingerprint density at radius 1 is 1.21 bits per heavy atom. The number of hydrogen-bond acceptors (Lipinski definition) is 4. The minimum atomic E-state index is -3.74. The molecule has 0 bridgehead atoms. The molecule has 1 aliphatic heterocycles. The van der Waals surface area contributed by atoms with Gasteiger partial charge in [0.2, 0.25) is 15.9 Å². The molecule has 0 fully saturated rings. The topological polar surface area (TPSA) is 75.3 Å². The van der Waals surface area contributed by atoms with Gasteiger partial charge in [-0.1, -0.05) is 12.1 Å². The van der Waals surface area contributed by atoms with E-state index in [0.717, 1.165) is 4.90 Å². The Morgan fingerprint density at radius 3 is 2.62 bits per heavy atom. The summed E-state index contributed by atoms with van der Waals surface area (Å²) in [5.41, 5.74) is 1.14. The molecule has 0 saturated heterocycles. The summed E-state index contributed by atoms with van der Waals surface area (Å²) in [7, 11) is -3.74. The second-order valence-corrected chi connectivity index (χ2v) is 8.51. The van der Waals surface area contributed by atoms with Gasteiger partial charge in [-0.2, -0.15) is 0 Å². The fraction of sp³-hybridized carbons (Fsp3) is 0.188. The first-order valence-corrected chi connectivity index (χ1v) is 9.57. The smallest absolute Gasteiger partial charge is 0.240 e. The van der Waals surface area contributed by atoms with Gasteiger partial charge in [0.15, 0.2) is 0 Å². The zero-order valence-electron chi connectivity index (χ0n) is 12.7. The predicted molar refractivity (Wildman–Crippen MR) is 90.8 cm³/mol. The number of thioether (sulfide) groups is 1. The molecule has 0 unspecified atom stereocenters. The minimum Gasteiger partial charge on any atom is -0.324 e. The molecular formula is C16H15FN2O3S2. The van der Waals surface area contributed by atoms with E-state index in [1.807, 2.05) is 0 Å². The lowest BCUT2D eigenvalue weighted by Gasteiger charge is -2.21. The summed E-state index contributed by atoms with van der Waals surface area (Å²) in [5, 5.41) is 2.50. The summed E-state index contributed by atoms with van der Waals surface area (Å²) in [6, 6.07) is 10.2. The Kier molecular flexibility index (Phi) is 4.62. The largest absolute Gasteiger partial charge is 0.324 e. The normalized spacial score (nSPS) is 17.2. The molecule has 0 saturated carbocycles. The summed E-state index contributed by atoms with van der Waals surface area (Å²) in [6.45, 7) is 1.84. The molecule has 126 valence electrons. The molecule has 0 aliphatic carbocycles. The van der Waals surface area contributed by atoms with Gasteiger partial charge in [-0.15, -0.1) is 11.8 Å². The second kappa shape index (κ2) is 6.54. The number of amides is 1. The van der Waals surface area contributed by atoms with Crippen molar-refractivity contribution in [2.75, 3.05) is 5.32 Å². The highest BCUT2D eigenvalue weighted by molar-refractivity contribution is 8.01. The van der Waals surface area contributed by atoms with Crippen LogP contribution in [-0.4, -0.2) is 19.6 Å². The van der Waals surface area contributed by atoms with Crippen molar-refractivity contribution in [3.8, 4) is 0 Å². The maximum absolute atomic E-state index is 12.9. The molecule has 5 nitrogen and oxygen atoms in total. The van der Waals surface area contributed by atoms with Gasteiger partial charge in [-0.3, -0.25) is 4.79 Å². The number of sulfonamides is 1. The van der Waals surface area contributed by atoms with Crippen LogP contribution in [0.3, 0.4) is 0 Å². The molecule has 8 heteroatoms. The Balaban J connectivity index is 1.78. The van der Waals surface area contributed by atoms with Crippen molar-refractivity contribution < 1.29 is 17.6 Å².